The van der Waals surface area contributed by atoms with E-state index in [1.54, 1.807) is 52.5 Å². The molecule has 3 heterocycles. The summed E-state index contributed by atoms with van der Waals surface area (Å²) in [6.45, 7) is 1.98. The van der Waals surface area contributed by atoms with Gasteiger partial charge in [-0.3, -0.25) is 24.1 Å². The lowest BCUT2D eigenvalue weighted by atomic mass is 10.1. The number of hydrogen-bond donors (Lipinski definition) is 1. The summed E-state index contributed by atoms with van der Waals surface area (Å²) in [5.41, 5.74) is 2.95. The van der Waals surface area contributed by atoms with Crippen molar-refractivity contribution in [2.75, 3.05) is 32.7 Å². The van der Waals surface area contributed by atoms with Crippen molar-refractivity contribution >= 4 is 34.7 Å². The lowest BCUT2D eigenvalue weighted by Crippen LogP contribution is -2.39. The van der Waals surface area contributed by atoms with E-state index in [0.717, 1.165) is 15.9 Å². The molecule has 1 fully saturated rings. The molecule has 4 amide bonds. The first-order valence-electron chi connectivity index (χ1n) is 11.0. The highest BCUT2D eigenvalue weighted by Gasteiger charge is 2.35. The zero-order valence-electron chi connectivity index (χ0n) is 18.0. The van der Waals surface area contributed by atoms with Crippen LogP contribution >= 0.6 is 0 Å². The Kier molecular flexibility index (Phi) is 5.37. The minimum absolute atomic E-state index is 0.0501. The number of nitrogens with zero attached hydrogens (tertiary/aromatic N) is 4. The summed E-state index contributed by atoms with van der Waals surface area (Å²) in [6.07, 6.45) is 2.32. The van der Waals surface area contributed by atoms with Gasteiger partial charge in [-0.1, -0.05) is 12.1 Å². The van der Waals surface area contributed by atoms with Crippen LogP contribution in [0.1, 0.15) is 43.9 Å². The summed E-state index contributed by atoms with van der Waals surface area (Å²) < 4.78 is 0. The van der Waals surface area contributed by atoms with Gasteiger partial charge in [-0.05, 0) is 36.8 Å². The van der Waals surface area contributed by atoms with Crippen LogP contribution in [0, 0.1) is 0 Å². The van der Waals surface area contributed by atoms with Gasteiger partial charge in [-0.15, -0.1) is 0 Å². The van der Waals surface area contributed by atoms with E-state index in [2.05, 4.69) is 9.97 Å². The van der Waals surface area contributed by atoms with Crippen LogP contribution in [0.5, 0.6) is 0 Å². The number of rotatable bonds is 4. The number of amides is 4. The van der Waals surface area contributed by atoms with Crippen molar-refractivity contribution in [2.45, 2.75) is 12.8 Å². The van der Waals surface area contributed by atoms with Crippen LogP contribution in [-0.2, 0) is 4.79 Å². The maximum atomic E-state index is 13.0. The molecular weight excluding hydrogens is 422 g/mol. The third-order valence-corrected chi connectivity index (χ3v) is 6.23. The smallest absolute Gasteiger partial charge is 0.261 e. The Bertz CT molecular complexity index is 1230. The molecule has 1 aromatic heterocycles. The number of carbonyl (C=O) groups is 4. The second-order valence-corrected chi connectivity index (χ2v) is 8.22. The van der Waals surface area contributed by atoms with Crippen molar-refractivity contribution in [3.05, 3.63) is 65.5 Å². The first kappa shape index (κ1) is 20.9. The molecule has 168 valence electrons. The lowest BCUT2D eigenvalue weighted by molar-refractivity contribution is -0.131. The van der Waals surface area contributed by atoms with Gasteiger partial charge in [0.1, 0.15) is 0 Å². The minimum Gasteiger partial charge on any atom is -0.345 e. The second kappa shape index (κ2) is 8.50. The van der Waals surface area contributed by atoms with Crippen molar-refractivity contribution in [1.82, 2.24) is 24.7 Å². The predicted octanol–water partition coefficient (Wildman–Crippen LogP) is 1.92. The van der Waals surface area contributed by atoms with Gasteiger partial charge in [0.2, 0.25) is 5.91 Å². The van der Waals surface area contributed by atoms with E-state index < -0.39 is 0 Å². The molecule has 9 heteroatoms. The summed E-state index contributed by atoms with van der Waals surface area (Å²) in [6, 6.07) is 12.1. The van der Waals surface area contributed by atoms with Crippen molar-refractivity contribution in [3.63, 3.8) is 0 Å². The Hall–Kier alpha value is -4.01. The number of H-pyrrole nitrogens is 1. The van der Waals surface area contributed by atoms with Crippen molar-refractivity contribution in [3.8, 4) is 0 Å². The highest BCUT2D eigenvalue weighted by atomic mass is 16.2. The maximum absolute atomic E-state index is 13.0. The third-order valence-electron chi connectivity index (χ3n) is 6.23. The van der Waals surface area contributed by atoms with Gasteiger partial charge in [0, 0.05) is 44.7 Å². The van der Waals surface area contributed by atoms with Gasteiger partial charge in [-0.25, -0.2) is 4.98 Å². The molecule has 1 saturated heterocycles. The van der Waals surface area contributed by atoms with Gasteiger partial charge in [0.25, 0.3) is 17.7 Å². The van der Waals surface area contributed by atoms with Crippen LogP contribution in [0.2, 0.25) is 0 Å². The van der Waals surface area contributed by atoms with Crippen LogP contribution in [-0.4, -0.2) is 81.0 Å². The van der Waals surface area contributed by atoms with E-state index in [0.29, 0.717) is 49.3 Å². The number of benzene rings is 2. The van der Waals surface area contributed by atoms with E-state index in [1.807, 2.05) is 6.07 Å². The Balaban J connectivity index is 1.18. The van der Waals surface area contributed by atoms with Gasteiger partial charge in [0.15, 0.2) is 0 Å². The molecule has 2 aliphatic heterocycles. The Morgan fingerprint density at radius 1 is 0.909 bits per heavy atom. The lowest BCUT2D eigenvalue weighted by Gasteiger charge is -2.23. The molecule has 9 nitrogen and oxygen atoms in total. The number of imide groups is 1. The molecule has 3 aromatic rings. The van der Waals surface area contributed by atoms with E-state index in [-0.39, 0.29) is 36.6 Å². The number of nitrogens with one attached hydrogen (secondary N) is 1. The fourth-order valence-corrected chi connectivity index (χ4v) is 4.43. The largest absolute Gasteiger partial charge is 0.345 e. The fourth-order valence-electron chi connectivity index (χ4n) is 4.43. The van der Waals surface area contributed by atoms with Crippen LogP contribution in [0.3, 0.4) is 0 Å². The van der Waals surface area contributed by atoms with Crippen LogP contribution in [0.25, 0.3) is 11.0 Å². The summed E-state index contributed by atoms with van der Waals surface area (Å²) >= 11 is 0. The summed E-state index contributed by atoms with van der Waals surface area (Å²) in [4.78, 5) is 62.6. The summed E-state index contributed by atoms with van der Waals surface area (Å²) in [7, 11) is 0. The first-order chi connectivity index (χ1) is 16.0. The molecule has 2 aliphatic rings. The molecular formula is C24H23N5O4. The molecule has 0 aliphatic carbocycles. The number of hydrogen-bond acceptors (Lipinski definition) is 5. The van der Waals surface area contributed by atoms with Gasteiger partial charge < -0.3 is 14.8 Å². The van der Waals surface area contributed by atoms with E-state index in [1.165, 1.54) is 0 Å². The molecule has 0 spiro atoms. The Morgan fingerprint density at radius 2 is 1.61 bits per heavy atom. The van der Waals surface area contributed by atoms with Gasteiger partial charge >= 0.3 is 0 Å². The molecule has 0 radical (unpaired) electrons. The SMILES string of the molecule is O=C(CCN1C(=O)c2ccccc2C1=O)N1CCCN(C(=O)c2ccc3nc[nH]c3c2)CC1. The average Bonchev–Trinajstić information content (AvgIpc) is 3.29. The zero-order valence-corrected chi connectivity index (χ0v) is 18.0. The van der Waals surface area contributed by atoms with Crippen LogP contribution in [0.4, 0.5) is 0 Å². The van der Waals surface area contributed by atoms with Crippen molar-refractivity contribution in [1.29, 1.82) is 0 Å². The molecule has 0 unspecified atom stereocenters. The standard InChI is InChI=1S/C24H23N5O4/c30-21(8-11-29-23(32)17-4-1-2-5-18(17)24(29)33)27-9-3-10-28(13-12-27)22(31)16-6-7-19-20(14-16)26-15-25-19/h1-2,4-7,14-15H,3,8-13H2,(H,25,26). The van der Waals surface area contributed by atoms with Crippen LogP contribution < -0.4 is 0 Å². The third kappa shape index (κ3) is 3.86. The highest BCUT2D eigenvalue weighted by Crippen LogP contribution is 2.23. The first-order valence-corrected chi connectivity index (χ1v) is 11.0. The number of imidazole rings is 1. The maximum Gasteiger partial charge on any atom is 0.261 e. The topological polar surface area (TPSA) is 107 Å². The number of carbonyl (C=O) groups excluding carboxylic acids is 4. The Morgan fingerprint density at radius 3 is 2.36 bits per heavy atom. The number of fused-ring (bicyclic) bond motifs is 2. The predicted molar refractivity (Wildman–Crippen MR) is 120 cm³/mol. The number of aromatic nitrogens is 2. The number of aromatic amines is 1. The monoisotopic (exact) mass is 445 g/mol. The second-order valence-electron chi connectivity index (χ2n) is 8.22. The molecule has 0 atom stereocenters. The fraction of sp³-hybridized carbons (Fsp3) is 0.292. The summed E-state index contributed by atoms with van der Waals surface area (Å²) in [5, 5.41) is 0. The highest BCUT2D eigenvalue weighted by molar-refractivity contribution is 6.21. The minimum atomic E-state index is -0.356. The Labute approximate surface area is 190 Å². The van der Waals surface area contributed by atoms with Gasteiger partial charge in [0.05, 0.1) is 28.5 Å². The quantitative estimate of drug-likeness (QED) is 0.618. The van der Waals surface area contributed by atoms with E-state index in [9.17, 15) is 19.2 Å². The molecule has 5 rings (SSSR count). The zero-order chi connectivity index (χ0) is 22.9. The molecule has 0 saturated carbocycles. The molecule has 33 heavy (non-hydrogen) atoms. The molecule has 0 bridgehead atoms. The average molecular weight is 445 g/mol. The molecule has 2 aromatic carbocycles. The summed E-state index contributed by atoms with van der Waals surface area (Å²) in [5.74, 6) is -0.915. The van der Waals surface area contributed by atoms with Gasteiger partial charge in [-0.2, -0.15) is 0 Å². The van der Waals surface area contributed by atoms with Crippen molar-refractivity contribution in [2.24, 2.45) is 0 Å². The van der Waals surface area contributed by atoms with E-state index >= 15 is 0 Å². The normalized spacial score (nSPS) is 16.3. The molecule has 1 N–H and O–H groups in total. The van der Waals surface area contributed by atoms with Crippen LogP contribution in [0.15, 0.2) is 48.8 Å². The van der Waals surface area contributed by atoms with E-state index in [4.69, 9.17) is 0 Å². The van der Waals surface area contributed by atoms with Crippen molar-refractivity contribution < 1.29 is 19.2 Å².